The summed E-state index contributed by atoms with van der Waals surface area (Å²) < 4.78 is 40.1. The highest BCUT2D eigenvalue weighted by Gasteiger charge is 2.51. The number of hydrogen-bond acceptors (Lipinski definition) is 7. The quantitative estimate of drug-likeness (QED) is 0.472. The van der Waals surface area contributed by atoms with Crippen molar-refractivity contribution in [3.05, 3.63) is 53.3 Å². The number of methoxy groups -OCH3 is 1. The maximum Gasteiger partial charge on any atom is 0.331 e. The molecule has 2 aromatic rings. The predicted octanol–water partition coefficient (Wildman–Crippen LogP) is 4.34. The van der Waals surface area contributed by atoms with Crippen molar-refractivity contribution in [2.24, 2.45) is 5.92 Å². The van der Waals surface area contributed by atoms with Crippen LogP contribution in [0.2, 0.25) is 0 Å². The van der Waals surface area contributed by atoms with Gasteiger partial charge >= 0.3 is 5.97 Å². The third-order valence-corrected chi connectivity index (χ3v) is 7.91. The summed E-state index contributed by atoms with van der Waals surface area (Å²) in [6, 6.07) is 11.1. The molecule has 2 aliphatic heterocycles. The standard InChI is InChI=1S/C31H37F2N3O5/c1-30(2,33)19-35-12-10-20(11-13-35)18-41-23-8-9-24(21(14-23)16-34)25-6-5-7-26(32)27(25)28(38)36-17-22(37)15-31(36,3)29(39)40-4/h5-9,14,20,22,37H,10-13,15,17-19H2,1-4H3. The molecule has 0 spiro atoms. The van der Waals surface area contributed by atoms with E-state index in [2.05, 4.69) is 11.0 Å². The second-order valence-corrected chi connectivity index (χ2v) is 11.8. The maximum atomic E-state index is 15.3. The van der Waals surface area contributed by atoms with E-state index < -0.39 is 35.0 Å². The minimum Gasteiger partial charge on any atom is -0.493 e. The van der Waals surface area contributed by atoms with Gasteiger partial charge in [-0.05, 0) is 82.4 Å². The van der Waals surface area contributed by atoms with Gasteiger partial charge < -0.3 is 24.4 Å². The SMILES string of the molecule is COC(=O)C1(C)CC(O)CN1C(=O)c1c(F)cccc1-c1ccc(OCC2CCN(CC(C)(C)F)CC2)cc1C#N. The minimum atomic E-state index is -1.47. The molecule has 10 heteroatoms. The van der Waals surface area contributed by atoms with E-state index in [4.69, 9.17) is 9.47 Å². The van der Waals surface area contributed by atoms with E-state index in [0.29, 0.717) is 30.4 Å². The molecule has 0 saturated carbocycles. The Morgan fingerprint density at radius 3 is 2.54 bits per heavy atom. The number of carbonyl (C=O) groups is 2. The molecular formula is C31H37F2N3O5. The molecule has 1 N–H and O–H groups in total. The fraction of sp³-hybridized carbons (Fsp3) is 0.516. The zero-order valence-corrected chi connectivity index (χ0v) is 24.0. The van der Waals surface area contributed by atoms with Crippen LogP contribution < -0.4 is 4.74 Å². The fourth-order valence-electron chi connectivity index (χ4n) is 5.86. The molecule has 2 saturated heterocycles. The number of amides is 1. The normalized spacial score (nSPS) is 21.9. The summed E-state index contributed by atoms with van der Waals surface area (Å²) in [6.07, 6.45) is 0.734. The van der Waals surface area contributed by atoms with Crippen molar-refractivity contribution < 1.29 is 33.0 Å². The molecule has 2 aliphatic rings. The number of halogens is 2. The lowest BCUT2D eigenvalue weighted by atomic mass is 9.93. The van der Waals surface area contributed by atoms with E-state index in [0.717, 1.165) is 36.9 Å². The molecule has 0 aromatic heterocycles. The van der Waals surface area contributed by atoms with Crippen LogP contribution in [0, 0.1) is 23.1 Å². The second kappa shape index (κ2) is 12.1. The molecule has 220 valence electrons. The summed E-state index contributed by atoms with van der Waals surface area (Å²) in [5.74, 6) is -1.53. The molecule has 2 atom stereocenters. The zero-order valence-electron chi connectivity index (χ0n) is 24.0. The lowest BCUT2D eigenvalue weighted by Gasteiger charge is -2.34. The summed E-state index contributed by atoms with van der Waals surface area (Å²) in [5.41, 5.74) is -2.29. The van der Waals surface area contributed by atoms with Gasteiger partial charge in [-0.2, -0.15) is 5.26 Å². The summed E-state index contributed by atoms with van der Waals surface area (Å²) in [7, 11) is 1.19. The van der Waals surface area contributed by atoms with Crippen LogP contribution in [0.1, 0.15) is 56.0 Å². The van der Waals surface area contributed by atoms with Crippen LogP contribution in [0.4, 0.5) is 8.78 Å². The van der Waals surface area contributed by atoms with Crippen LogP contribution in [0.5, 0.6) is 5.75 Å². The number of likely N-dealkylation sites (tertiary alicyclic amines) is 2. The van der Waals surface area contributed by atoms with Gasteiger partial charge in [-0.3, -0.25) is 4.79 Å². The summed E-state index contributed by atoms with van der Waals surface area (Å²) in [4.78, 5) is 29.5. The highest BCUT2D eigenvalue weighted by atomic mass is 19.1. The molecule has 2 heterocycles. The zero-order chi connectivity index (χ0) is 29.9. The van der Waals surface area contributed by atoms with E-state index in [1.54, 1.807) is 38.1 Å². The highest BCUT2D eigenvalue weighted by molar-refractivity contribution is 6.04. The van der Waals surface area contributed by atoms with Crippen molar-refractivity contribution in [3.8, 4) is 22.9 Å². The van der Waals surface area contributed by atoms with Gasteiger partial charge in [0.25, 0.3) is 5.91 Å². The van der Waals surface area contributed by atoms with Gasteiger partial charge in [0.05, 0.1) is 37.0 Å². The van der Waals surface area contributed by atoms with Crippen molar-refractivity contribution >= 4 is 11.9 Å². The number of rotatable bonds is 8. The lowest BCUT2D eigenvalue weighted by Crippen LogP contribution is -2.51. The van der Waals surface area contributed by atoms with Gasteiger partial charge in [-0.15, -0.1) is 0 Å². The molecule has 2 unspecified atom stereocenters. The van der Waals surface area contributed by atoms with Crippen molar-refractivity contribution in [2.45, 2.75) is 57.3 Å². The van der Waals surface area contributed by atoms with Crippen LogP contribution in [-0.2, 0) is 9.53 Å². The summed E-state index contributed by atoms with van der Waals surface area (Å²) >= 11 is 0. The monoisotopic (exact) mass is 569 g/mol. The van der Waals surface area contributed by atoms with Crippen LogP contribution in [-0.4, -0.2) is 84.0 Å². The van der Waals surface area contributed by atoms with Gasteiger partial charge in [0.2, 0.25) is 0 Å². The first kappa shape index (κ1) is 30.4. The first-order chi connectivity index (χ1) is 19.4. The number of piperidine rings is 1. The Kier molecular flexibility index (Phi) is 9.00. The smallest absolute Gasteiger partial charge is 0.331 e. The van der Waals surface area contributed by atoms with Crippen molar-refractivity contribution in [1.29, 1.82) is 5.26 Å². The molecule has 0 aliphatic carbocycles. The van der Waals surface area contributed by atoms with Crippen LogP contribution >= 0.6 is 0 Å². The molecule has 1 amide bonds. The molecule has 41 heavy (non-hydrogen) atoms. The van der Waals surface area contributed by atoms with Gasteiger partial charge in [0, 0.05) is 25.1 Å². The predicted molar refractivity (Wildman–Crippen MR) is 148 cm³/mol. The molecule has 8 nitrogen and oxygen atoms in total. The Morgan fingerprint density at radius 1 is 1.20 bits per heavy atom. The average Bonchev–Trinajstić information content (AvgIpc) is 3.25. The number of ether oxygens (including phenoxy) is 2. The highest BCUT2D eigenvalue weighted by Crippen LogP contribution is 2.37. The molecule has 2 aromatic carbocycles. The topological polar surface area (TPSA) is 103 Å². The number of nitrogens with zero attached hydrogens (tertiary/aromatic N) is 3. The number of carbonyl (C=O) groups excluding carboxylic acids is 2. The van der Waals surface area contributed by atoms with Crippen LogP contribution in [0.3, 0.4) is 0 Å². The Balaban J connectivity index is 1.54. The maximum absolute atomic E-state index is 15.3. The number of hydrogen-bond donors (Lipinski definition) is 1. The Hall–Kier alpha value is -3.55. The summed E-state index contributed by atoms with van der Waals surface area (Å²) in [5, 5.41) is 20.2. The number of aliphatic hydroxyl groups is 1. The number of esters is 1. The van der Waals surface area contributed by atoms with Gasteiger partial charge in [-0.25, -0.2) is 13.6 Å². The third kappa shape index (κ3) is 6.68. The number of benzene rings is 2. The second-order valence-electron chi connectivity index (χ2n) is 11.8. The first-order valence-corrected chi connectivity index (χ1v) is 13.8. The molecule has 4 rings (SSSR count). The number of β-amino-alcohol motifs (C(OH)–C–C–N with tert-alkyl or cyclic N) is 1. The number of aliphatic hydroxyl groups excluding tert-OH is 1. The van der Waals surface area contributed by atoms with Crippen molar-refractivity contribution in [3.63, 3.8) is 0 Å². The Bertz CT molecular complexity index is 1330. The third-order valence-electron chi connectivity index (χ3n) is 7.91. The van der Waals surface area contributed by atoms with E-state index in [1.165, 1.54) is 20.1 Å². The Morgan fingerprint density at radius 2 is 1.90 bits per heavy atom. The molecular weight excluding hydrogens is 532 g/mol. The molecule has 2 fully saturated rings. The Labute approximate surface area is 239 Å². The largest absolute Gasteiger partial charge is 0.493 e. The first-order valence-electron chi connectivity index (χ1n) is 13.8. The average molecular weight is 570 g/mol. The number of nitriles is 1. The van der Waals surface area contributed by atoms with Crippen LogP contribution in [0.15, 0.2) is 36.4 Å². The van der Waals surface area contributed by atoms with Crippen molar-refractivity contribution in [1.82, 2.24) is 9.80 Å². The summed E-state index contributed by atoms with van der Waals surface area (Å²) in [6.45, 7) is 6.91. The van der Waals surface area contributed by atoms with E-state index in [9.17, 15) is 24.3 Å². The minimum absolute atomic E-state index is 0.0441. The van der Waals surface area contributed by atoms with E-state index in [1.807, 2.05) is 0 Å². The van der Waals surface area contributed by atoms with Gasteiger partial charge in [-0.1, -0.05) is 12.1 Å². The fourth-order valence-corrected chi connectivity index (χ4v) is 5.86. The van der Waals surface area contributed by atoms with Gasteiger partial charge in [0.1, 0.15) is 22.8 Å². The molecule has 0 radical (unpaired) electrons. The van der Waals surface area contributed by atoms with Gasteiger partial charge in [0.15, 0.2) is 0 Å². The van der Waals surface area contributed by atoms with E-state index in [-0.39, 0.29) is 29.7 Å². The molecule has 0 bridgehead atoms. The van der Waals surface area contributed by atoms with Crippen molar-refractivity contribution in [2.75, 3.05) is 39.9 Å². The lowest BCUT2D eigenvalue weighted by molar-refractivity contribution is -0.151. The van der Waals surface area contributed by atoms with E-state index >= 15 is 4.39 Å². The number of alkyl halides is 1. The van der Waals surface area contributed by atoms with Crippen LogP contribution in [0.25, 0.3) is 11.1 Å².